The molecule has 0 bridgehead atoms. The highest BCUT2D eigenvalue weighted by molar-refractivity contribution is 5.32. The average molecular weight is 235 g/mol. The van der Waals surface area contributed by atoms with Gasteiger partial charge in [-0.1, -0.05) is 12.1 Å². The van der Waals surface area contributed by atoms with Crippen LogP contribution in [0.4, 0.5) is 4.39 Å². The molecule has 1 heterocycles. The molecule has 17 heavy (non-hydrogen) atoms. The Morgan fingerprint density at radius 1 is 1.59 bits per heavy atom. The molecule has 0 aromatic heterocycles. The zero-order valence-corrected chi connectivity index (χ0v) is 9.70. The minimum atomic E-state index is -0.590. The number of nitriles is 1. The summed E-state index contributed by atoms with van der Waals surface area (Å²) in [4.78, 5) is 0. The Balaban J connectivity index is 2.27. The lowest BCUT2D eigenvalue weighted by molar-refractivity contribution is 0.171. The minimum absolute atomic E-state index is 0.217. The fourth-order valence-electron chi connectivity index (χ4n) is 2.09. The monoisotopic (exact) mass is 235 g/mol. The number of methoxy groups -OCH3 is 1. The third-order valence-corrected chi connectivity index (χ3v) is 3.13. The van der Waals surface area contributed by atoms with Crippen molar-refractivity contribution in [1.82, 2.24) is 0 Å². The lowest BCUT2D eigenvalue weighted by Gasteiger charge is -2.19. The van der Waals surface area contributed by atoms with Crippen molar-refractivity contribution in [2.45, 2.75) is 12.8 Å². The highest BCUT2D eigenvalue weighted by Gasteiger charge is 2.36. The summed E-state index contributed by atoms with van der Waals surface area (Å²) in [5.74, 6) is -0.161. The molecule has 1 saturated heterocycles. The Morgan fingerprint density at radius 3 is 3.00 bits per heavy atom. The van der Waals surface area contributed by atoms with Gasteiger partial charge in [0, 0.05) is 6.61 Å². The number of halogens is 1. The van der Waals surface area contributed by atoms with Gasteiger partial charge in [-0.15, -0.1) is 0 Å². The van der Waals surface area contributed by atoms with Crippen LogP contribution in [0.2, 0.25) is 0 Å². The number of benzene rings is 1. The first-order chi connectivity index (χ1) is 8.21. The van der Waals surface area contributed by atoms with Gasteiger partial charge < -0.3 is 9.47 Å². The average Bonchev–Trinajstić information content (AvgIpc) is 2.81. The summed E-state index contributed by atoms with van der Waals surface area (Å²) in [6, 6.07) is 7.25. The Labute approximate surface area is 99.8 Å². The van der Waals surface area contributed by atoms with Crippen molar-refractivity contribution in [3.63, 3.8) is 0 Å². The third kappa shape index (κ3) is 2.25. The fourth-order valence-corrected chi connectivity index (χ4v) is 2.09. The molecule has 0 aliphatic carbocycles. The van der Waals surface area contributed by atoms with Gasteiger partial charge in [0.1, 0.15) is 0 Å². The predicted molar refractivity (Wildman–Crippen MR) is 60.1 cm³/mol. The van der Waals surface area contributed by atoms with Gasteiger partial charge in [0.15, 0.2) is 11.6 Å². The standard InChI is InChI=1S/C13H14FNO2/c1-16-11-4-2-3-10(12(11)14)7-13(8-15)5-6-17-9-13/h2-4H,5-7,9H2,1H3. The minimum Gasteiger partial charge on any atom is -0.494 e. The van der Waals surface area contributed by atoms with Crippen LogP contribution in [0.3, 0.4) is 0 Å². The summed E-state index contributed by atoms with van der Waals surface area (Å²) in [5, 5.41) is 9.21. The van der Waals surface area contributed by atoms with Crippen molar-refractivity contribution in [2.24, 2.45) is 5.41 Å². The van der Waals surface area contributed by atoms with Gasteiger partial charge in [-0.2, -0.15) is 5.26 Å². The van der Waals surface area contributed by atoms with E-state index in [9.17, 15) is 9.65 Å². The molecule has 90 valence electrons. The molecule has 3 nitrogen and oxygen atoms in total. The molecule has 1 aromatic carbocycles. The van der Waals surface area contributed by atoms with Crippen molar-refractivity contribution in [1.29, 1.82) is 5.26 Å². The maximum atomic E-state index is 14.0. The molecular formula is C13H14FNO2. The largest absolute Gasteiger partial charge is 0.494 e. The van der Waals surface area contributed by atoms with Gasteiger partial charge in [0.05, 0.1) is 25.2 Å². The van der Waals surface area contributed by atoms with Gasteiger partial charge >= 0.3 is 0 Å². The second-order valence-electron chi connectivity index (χ2n) is 4.30. The summed E-state index contributed by atoms with van der Waals surface area (Å²) < 4.78 is 24.1. The van der Waals surface area contributed by atoms with Gasteiger partial charge in [-0.05, 0) is 24.5 Å². The molecule has 1 aliphatic rings. The fraction of sp³-hybridized carbons (Fsp3) is 0.462. The van der Waals surface area contributed by atoms with Gasteiger partial charge in [0.25, 0.3) is 0 Å². The van der Waals surface area contributed by atoms with E-state index in [1.54, 1.807) is 18.2 Å². The van der Waals surface area contributed by atoms with Crippen LogP contribution in [0, 0.1) is 22.6 Å². The summed E-state index contributed by atoms with van der Waals surface area (Å²) >= 11 is 0. The quantitative estimate of drug-likeness (QED) is 0.807. The van der Waals surface area contributed by atoms with Crippen LogP contribution in [0.25, 0.3) is 0 Å². The maximum absolute atomic E-state index is 14.0. The predicted octanol–water partition coefficient (Wildman–Crippen LogP) is 2.31. The number of hydrogen-bond acceptors (Lipinski definition) is 3. The van der Waals surface area contributed by atoms with Crippen LogP contribution in [0.1, 0.15) is 12.0 Å². The Hall–Kier alpha value is -1.60. The van der Waals surface area contributed by atoms with E-state index in [4.69, 9.17) is 9.47 Å². The molecule has 1 fully saturated rings. The van der Waals surface area contributed by atoms with E-state index >= 15 is 0 Å². The summed E-state index contributed by atoms with van der Waals surface area (Å²) in [5.41, 5.74) is -0.0795. The van der Waals surface area contributed by atoms with Crippen molar-refractivity contribution in [3.05, 3.63) is 29.6 Å². The highest BCUT2D eigenvalue weighted by Crippen LogP contribution is 2.34. The number of ether oxygens (including phenoxy) is 2. The zero-order chi connectivity index (χ0) is 12.3. The van der Waals surface area contributed by atoms with Crippen LogP contribution < -0.4 is 4.74 Å². The van der Waals surface area contributed by atoms with Gasteiger partial charge in [-0.3, -0.25) is 0 Å². The van der Waals surface area contributed by atoms with Crippen LogP contribution in [-0.2, 0) is 11.2 Å². The van der Waals surface area contributed by atoms with Gasteiger partial charge in [-0.25, -0.2) is 4.39 Å². The topological polar surface area (TPSA) is 42.2 Å². The Kier molecular flexibility index (Phi) is 3.30. The van der Waals surface area contributed by atoms with Crippen LogP contribution in [-0.4, -0.2) is 20.3 Å². The summed E-state index contributed by atoms with van der Waals surface area (Å²) in [6.07, 6.45) is 1.02. The van der Waals surface area contributed by atoms with Gasteiger partial charge in [0.2, 0.25) is 0 Å². The molecule has 1 aliphatic heterocycles. The third-order valence-electron chi connectivity index (χ3n) is 3.13. The van der Waals surface area contributed by atoms with E-state index in [2.05, 4.69) is 6.07 Å². The molecule has 0 spiro atoms. The second-order valence-corrected chi connectivity index (χ2v) is 4.30. The first-order valence-electron chi connectivity index (χ1n) is 5.51. The van der Waals surface area contributed by atoms with Crippen LogP contribution >= 0.6 is 0 Å². The number of nitrogens with zero attached hydrogens (tertiary/aromatic N) is 1. The molecule has 2 rings (SSSR count). The molecular weight excluding hydrogens is 221 g/mol. The molecule has 1 atom stereocenters. The van der Waals surface area contributed by atoms with E-state index in [1.165, 1.54) is 7.11 Å². The number of hydrogen-bond donors (Lipinski definition) is 0. The van der Waals surface area contributed by atoms with Crippen molar-refractivity contribution in [3.8, 4) is 11.8 Å². The van der Waals surface area contributed by atoms with Crippen molar-refractivity contribution < 1.29 is 13.9 Å². The molecule has 0 amide bonds. The summed E-state index contributed by atoms with van der Waals surface area (Å²) in [6.45, 7) is 0.944. The summed E-state index contributed by atoms with van der Waals surface area (Å²) in [7, 11) is 1.43. The second kappa shape index (κ2) is 4.72. The molecule has 1 unspecified atom stereocenters. The molecule has 0 saturated carbocycles. The first kappa shape index (κ1) is 11.9. The normalized spacial score (nSPS) is 23.4. The maximum Gasteiger partial charge on any atom is 0.168 e. The molecule has 4 heteroatoms. The lowest BCUT2D eigenvalue weighted by atomic mass is 9.82. The van der Waals surface area contributed by atoms with E-state index in [-0.39, 0.29) is 11.6 Å². The first-order valence-corrected chi connectivity index (χ1v) is 5.51. The van der Waals surface area contributed by atoms with E-state index < -0.39 is 5.41 Å². The molecule has 0 N–H and O–H groups in total. The Bertz CT molecular complexity index is 447. The Morgan fingerprint density at radius 2 is 2.41 bits per heavy atom. The van der Waals surface area contributed by atoms with Crippen molar-refractivity contribution in [2.75, 3.05) is 20.3 Å². The molecule has 1 aromatic rings. The van der Waals surface area contributed by atoms with E-state index in [0.29, 0.717) is 31.6 Å². The zero-order valence-electron chi connectivity index (χ0n) is 9.70. The highest BCUT2D eigenvalue weighted by atomic mass is 19.1. The smallest absolute Gasteiger partial charge is 0.168 e. The van der Waals surface area contributed by atoms with E-state index in [1.807, 2.05) is 0 Å². The van der Waals surface area contributed by atoms with E-state index in [0.717, 1.165) is 0 Å². The SMILES string of the molecule is COc1cccc(CC2(C#N)CCOC2)c1F. The number of rotatable bonds is 3. The lowest BCUT2D eigenvalue weighted by Crippen LogP contribution is -2.22. The molecule has 0 radical (unpaired) electrons. The van der Waals surface area contributed by atoms with Crippen LogP contribution in [0.5, 0.6) is 5.75 Å². The van der Waals surface area contributed by atoms with Crippen molar-refractivity contribution >= 4 is 0 Å². The van der Waals surface area contributed by atoms with Crippen LogP contribution in [0.15, 0.2) is 18.2 Å².